The first-order chi connectivity index (χ1) is 18.5. The van der Waals surface area contributed by atoms with Crippen LogP contribution >= 0.6 is 0 Å². The molecule has 3 N–H and O–H groups in total. The lowest BCUT2D eigenvalue weighted by Crippen LogP contribution is -2.31. The largest absolute Gasteiger partial charge is 0.573 e. The van der Waals surface area contributed by atoms with E-state index >= 15 is 0 Å². The molecule has 5 nitrogen and oxygen atoms in total. The molecule has 0 spiro atoms. The Balaban J connectivity index is 0.000000638. The van der Waals surface area contributed by atoms with E-state index in [-0.39, 0.29) is 34.4 Å². The Hall–Kier alpha value is -2.85. The van der Waals surface area contributed by atoms with Gasteiger partial charge in [0.25, 0.3) is 0 Å². The molecule has 0 saturated carbocycles. The summed E-state index contributed by atoms with van der Waals surface area (Å²) < 4.78 is 65.7. The molecule has 39 heavy (non-hydrogen) atoms. The van der Waals surface area contributed by atoms with Crippen molar-refractivity contribution in [1.29, 1.82) is 0 Å². The minimum absolute atomic E-state index is 0.109. The highest BCUT2D eigenvalue weighted by Crippen LogP contribution is 2.24. The molecule has 1 saturated heterocycles. The summed E-state index contributed by atoms with van der Waals surface area (Å²) in [5.41, 5.74) is 5.25. The molecule has 1 aliphatic heterocycles. The summed E-state index contributed by atoms with van der Waals surface area (Å²) in [6.07, 6.45) is -0.240. The van der Waals surface area contributed by atoms with Gasteiger partial charge in [-0.1, -0.05) is 52.7 Å². The number of alkyl halides is 3. The highest BCUT2D eigenvalue weighted by atomic mass is 19.4. The Morgan fingerprint density at radius 3 is 2.03 bits per heavy atom. The summed E-state index contributed by atoms with van der Waals surface area (Å²) in [6, 6.07) is 8.17. The zero-order valence-corrected chi connectivity index (χ0v) is 23.2. The van der Waals surface area contributed by atoms with Crippen LogP contribution in [0.15, 0.2) is 42.5 Å². The number of rotatable bonds is 8. The zero-order valence-electron chi connectivity index (χ0n) is 23.2. The fourth-order valence-electron chi connectivity index (χ4n) is 3.56. The van der Waals surface area contributed by atoms with Crippen LogP contribution < -0.4 is 15.8 Å². The van der Waals surface area contributed by atoms with Crippen LogP contribution in [0.5, 0.6) is 5.75 Å². The predicted molar refractivity (Wildman–Crippen MR) is 144 cm³/mol. The number of ketones is 2. The molecule has 0 radical (unpaired) electrons. The van der Waals surface area contributed by atoms with Crippen molar-refractivity contribution in [2.45, 2.75) is 72.6 Å². The van der Waals surface area contributed by atoms with Gasteiger partial charge in [-0.2, -0.15) is 0 Å². The van der Waals surface area contributed by atoms with Gasteiger partial charge < -0.3 is 15.8 Å². The van der Waals surface area contributed by atoms with Gasteiger partial charge in [-0.3, -0.25) is 9.59 Å². The first-order valence-corrected chi connectivity index (χ1v) is 13.3. The lowest BCUT2D eigenvalue weighted by atomic mass is 9.89. The van der Waals surface area contributed by atoms with E-state index < -0.39 is 18.0 Å². The third-order valence-electron chi connectivity index (χ3n) is 5.25. The molecule has 0 aromatic heterocycles. The zero-order chi connectivity index (χ0) is 29.8. The Kier molecular flexibility index (Phi) is 18.6. The van der Waals surface area contributed by atoms with E-state index in [2.05, 4.69) is 10.1 Å². The normalized spacial score (nSPS) is 13.0. The molecule has 1 aliphatic rings. The van der Waals surface area contributed by atoms with Gasteiger partial charge in [0, 0.05) is 29.5 Å². The van der Waals surface area contributed by atoms with Crippen molar-refractivity contribution in [2.24, 2.45) is 11.7 Å². The van der Waals surface area contributed by atoms with E-state index in [1.54, 1.807) is 0 Å². The number of hydrogen-bond donors (Lipinski definition) is 2. The van der Waals surface area contributed by atoms with E-state index in [0.717, 1.165) is 76.0 Å². The lowest BCUT2D eigenvalue weighted by molar-refractivity contribution is -0.274. The third kappa shape index (κ3) is 16.0. The molecule has 2 aromatic rings. The lowest BCUT2D eigenvalue weighted by Gasteiger charge is -2.21. The number of carbonyl (C=O) groups excluding carboxylic acids is 2. The van der Waals surface area contributed by atoms with Crippen molar-refractivity contribution >= 4 is 11.6 Å². The Morgan fingerprint density at radius 1 is 0.949 bits per heavy atom. The molecule has 1 heterocycles. The van der Waals surface area contributed by atoms with Gasteiger partial charge in [-0.05, 0) is 63.2 Å². The molecule has 0 atom stereocenters. The average Bonchev–Trinajstić information content (AvgIpc) is 2.89. The Bertz CT molecular complexity index is 957. The molecule has 0 amide bonds. The van der Waals surface area contributed by atoms with Gasteiger partial charge in [-0.15, -0.1) is 13.2 Å². The molecule has 0 bridgehead atoms. The SMILES string of the molecule is CC.CCCCCC(=O)c1cccc(OC(F)(F)F)c1.CCN.O=C(c1cc(F)cc(F)c1)C1CCNCC1. The second-order valence-corrected chi connectivity index (χ2v) is 8.41. The van der Waals surface area contributed by atoms with Crippen LogP contribution in [0.1, 0.15) is 86.9 Å². The maximum absolute atomic E-state index is 13.0. The average molecular weight is 561 g/mol. The fraction of sp³-hybridized carbons (Fsp3) is 0.517. The fourth-order valence-corrected chi connectivity index (χ4v) is 3.56. The van der Waals surface area contributed by atoms with E-state index in [1.807, 2.05) is 27.7 Å². The standard InChI is InChI=1S/C13H15F3O2.C12H13F2NO.C2H7N.C2H6/c1-2-3-4-8-12(17)10-6-5-7-11(9-10)18-13(14,15)16;13-10-5-9(6-11(14)7-10)12(16)8-1-3-15-4-2-8;1-2-3;1-2/h5-7,9H,2-4,8H2,1H3;5-8,15H,1-4H2;2-3H2,1H3;1-2H3. The van der Waals surface area contributed by atoms with Crippen LogP contribution in [0.25, 0.3) is 0 Å². The summed E-state index contributed by atoms with van der Waals surface area (Å²) in [5, 5.41) is 3.14. The maximum Gasteiger partial charge on any atom is 0.573 e. The van der Waals surface area contributed by atoms with Gasteiger partial charge in [0.05, 0.1) is 0 Å². The number of Topliss-reactive ketones (excluding diaryl/α,β-unsaturated/α-hetero) is 2. The topological polar surface area (TPSA) is 81.4 Å². The molecule has 0 unspecified atom stereocenters. The van der Waals surface area contributed by atoms with Crippen molar-refractivity contribution in [2.75, 3.05) is 19.6 Å². The molecule has 0 aliphatic carbocycles. The van der Waals surface area contributed by atoms with Gasteiger partial charge >= 0.3 is 6.36 Å². The second-order valence-electron chi connectivity index (χ2n) is 8.41. The van der Waals surface area contributed by atoms with Crippen molar-refractivity contribution in [1.82, 2.24) is 5.32 Å². The van der Waals surface area contributed by atoms with Crippen molar-refractivity contribution in [3.8, 4) is 5.75 Å². The summed E-state index contributed by atoms with van der Waals surface area (Å²) in [6.45, 7) is 10.2. The maximum atomic E-state index is 13.0. The van der Waals surface area contributed by atoms with Crippen molar-refractivity contribution in [3.05, 3.63) is 65.2 Å². The molecule has 3 rings (SSSR count). The highest BCUT2D eigenvalue weighted by molar-refractivity contribution is 5.98. The Labute approximate surface area is 228 Å². The van der Waals surface area contributed by atoms with Crippen LogP contribution in [-0.2, 0) is 0 Å². The number of nitrogens with two attached hydrogens (primary N) is 1. The first-order valence-electron chi connectivity index (χ1n) is 13.3. The van der Waals surface area contributed by atoms with Crippen molar-refractivity contribution < 1.29 is 36.3 Å². The van der Waals surface area contributed by atoms with Gasteiger partial charge in [-0.25, -0.2) is 8.78 Å². The van der Waals surface area contributed by atoms with Crippen LogP contribution in [0.2, 0.25) is 0 Å². The smallest absolute Gasteiger partial charge is 0.406 e. The molecule has 1 fully saturated rings. The number of piperidine rings is 1. The molecular weight excluding hydrogens is 519 g/mol. The van der Waals surface area contributed by atoms with Gasteiger partial charge in [0.2, 0.25) is 0 Å². The van der Waals surface area contributed by atoms with Crippen molar-refractivity contribution in [3.63, 3.8) is 0 Å². The van der Waals surface area contributed by atoms with E-state index in [1.165, 1.54) is 18.2 Å². The first kappa shape index (κ1) is 36.1. The number of carbonyl (C=O) groups is 2. The summed E-state index contributed by atoms with van der Waals surface area (Å²) in [7, 11) is 0. The van der Waals surface area contributed by atoms with Crippen LogP contribution in [0.3, 0.4) is 0 Å². The van der Waals surface area contributed by atoms with Gasteiger partial charge in [0.1, 0.15) is 17.4 Å². The molecule has 2 aromatic carbocycles. The Morgan fingerprint density at radius 2 is 1.51 bits per heavy atom. The predicted octanol–water partition coefficient (Wildman–Crippen LogP) is 7.49. The molecule has 10 heteroatoms. The van der Waals surface area contributed by atoms with E-state index in [9.17, 15) is 31.5 Å². The van der Waals surface area contributed by atoms with Gasteiger partial charge in [0.15, 0.2) is 11.6 Å². The third-order valence-corrected chi connectivity index (χ3v) is 5.25. The van der Waals surface area contributed by atoms with E-state index in [0.29, 0.717) is 6.42 Å². The van der Waals surface area contributed by atoms with Crippen LogP contribution in [0.4, 0.5) is 22.0 Å². The summed E-state index contributed by atoms with van der Waals surface area (Å²) >= 11 is 0. The number of hydrogen-bond acceptors (Lipinski definition) is 5. The number of halogens is 5. The second kappa shape index (κ2) is 20.1. The van der Waals surface area contributed by atoms with E-state index in [4.69, 9.17) is 5.73 Å². The molecular formula is C29H41F5N2O3. The monoisotopic (exact) mass is 560 g/mol. The number of unbranched alkanes of at least 4 members (excludes halogenated alkanes) is 2. The number of benzene rings is 2. The number of nitrogens with one attached hydrogen (secondary N) is 1. The quantitative estimate of drug-likeness (QED) is 0.199. The summed E-state index contributed by atoms with van der Waals surface area (Å²) in [5.74, 6) is -2.17. The minimum Gasteiger partial charge on any atom is -0.406 e. The van der Waals surface area contributed by atoms with Crippen LogP contribution in [0, 0.1) is 17.6 Å². The molecule has 220 valence electrons. The van der Waals surface area contributed by atoms with Crippen LogP contribution in [-0.4, -0.2) is 37.6 Å². The summed E-state index contributed by atoms with van der Waals surface area (Å²) in [4.78, 5) is 23.6. The minimum atomic E-state index is -4.73. The number of ether oxygens (including phenoxy) is 1. The highest BCUT2D eigenvalue weighted by Gasteiger charge is 2.31.